The van der Waals surface area contributed by atoms with E-state index in [-0.39, 0.29) is 5.56 Å². The van der Waals surface area contributed by atoms with Crippen molar-refractivity contribution in [2.75, 3.05) is 0 Å². The number of benzene rings is 1. The Labute approximate surface area is 106 Å². The Morgan fingerprint density at radius 3 is 2.89 bits per heavy atom. The second-order valence-electron chi connectivity index (χ2n) is 3.85. The van der Waals surface area contributed by atoms with Crippen LogP contribution in [0.15, 0.2) is 30.5 Å². The molecule has 6 heteroatoms. The average molecular weight is 259 g/mol. The third-order valence-corrected chi connectivity index (χ3v) is 3.72. The van der Waals surface area contributed by atoms with E-state index < -0.39 is 5.97 Å². The Bertz CT molecular complexity index is 745. The normalized spacial score (nSPS) is 10.9. The molecule has 0 spiro atoms. The summed E-state index contributed by atoms with van der Waals surface area (Å²) in [7, 11) is 1.85. The molecule has 0 aliphatic heterocycles. The number of thiazole rings is 1. The molecule has 0 fully saturated rings. The zero-order valence-corrected chi connectivity index (χ0v) is 10.3. The summed E-state index contributed by atoms with van der Waals surface area (Å²) in [6.07, 6.45) is 1.71. The van der Waals surface area contributed by atoms with Gasteiger partial charge >= 0.3 is 5.97 Å². The van der Waals surface area contributed by atoms with Crippen LogP contribution in [0, 0.1) is 0 Å². The van der Waals surface area contributed by atoms with E-state index >= 15 is 0 Å². The number of carbonyl (C=O) groups is 1. The number of aromatic nitrogens is 3. The van der Waals surface area contributed by atoms with Gasteiger partial charge in [0.15, 0.2) is 0 Å². The lowest BCUT2D eigenvalue weighted by molar-refractivity contribution is 0.0697. The molecule has 0 unspecified atom stereocenters. The Morgan fingerprint density at radius 1 is 1.39 bits per heavy atom. The molecule has 0 bridgehead atoms. The van der Waals surface area contributed by atoms with Crippen LogP contribution in [0.3, 0.4) is 0 Å². The van der Waals surface area contributed by atoms with E-state index in [0.29, 0.717) is 0 Å². The van der Waals surface area contributed by atoms with Gasteiger partial charge in [0.25, 0.3) is 0 Å². The number of nitrogens with zero attached hydrogens (tertiary/aromatic N) is 3. The first kappa shape index (κ1) is 10.9. The number of carboxylic acids is 1. The maximum Gasteiger partial charge on any atom is 0.335 e. The number of aryl methyl sites for hydroxylation is 1. The monoisotopic (exact) mass is 259 g/mol. The molecular formula is C12H9N3O2S. The highest BCUT2D eigenvalue weighted by Gasteiger charge is 2.11. The van der Waals surface area contributed by atoms with Crippen LogP contribution in [0.4, 0.5) is 0 Å². The molecule has 0 saturated carbocycles. The van der Waals surface area contributed by atoms with E-state index in [1.165, 1.54) is 11.3 Å². The highest BCUT2D eigenvalue weighted by molar-refractivity contribution is 7.21. The summed E-state index contributed by atoms with van der Waals surface area (Å²) in [5.74, 6) is -0.924. The van der Waals surface area contributed by atoms with E-state index in [9.17, 15) is 4.79 Å². The lowest BCUT2D eigenvalue weighted by atomic mass is 10.2. The summed E-state index contributed by atoms with van der Waals surface area (Å²) < 4.78 is 2.61. The number of fused-ring (bicyclic) bond motifs is 1. The highest BCUT2D eigenvalue weighted by Crippen LogP contribution is 2.30. The molecule has 0 aliphatic rings. The molecular weight excluding hydrogens is 250 g/mol. The van der Waals surface area contributed by atoms with Crippen LogP contribution in [0.2, 0.25) is 0 Å². The quantitative estimate of drug-likeness (QED) is 0.767. The van der Waals surface area contributed by atoms with Crippen LogP contribution in [-0.2, 0) is 7.05 Å². The van der Waals surface area contributed by atoms with Crippen LogP contribution >= 0.6 is 11.3 Å². The van der Waals surface area contributed by atoms with Gasteiger partial charge < -0.3 is 5.11 Å². The Balaban J connectivity index is 2.17. The summed E-state index contributed by atoms with van der Waals surface area (Å²) >= 11 is 1.47. The standard InChI is InChI=1S/C12H9N3O2S/c1-15-9(4-5-13-15)11-14-8-3-2-7(12(16)17)6-10(8)18-11/h2-6H,1H3,(H,16,17). The van der Waals surface area contributed by atoms with Gasteiger partial charge in [-0.3, -0.25) is 4.68 Å². The first-order valence-electron chi connectivity index (χ1n) is 5.27. The predicted octanol–water partition coefficient (Wildman–Crippen LogP) is 2.39. The van der Waals surface area contributed by atoms with Crippen LogP contribution in [-0.4, -0.2) is 25.8 Å². The van der Waals surface area contributed by atoms with Crippen molar-refractivity contribution in [1.29, 1.82) is 0 Å². The second kappa shape index (κ2) is 3.92. The Kier molecular flexibility index (Phi) is 2.38. The number of aromatic carboxylic acids is 1. The van der Waals surface area contributed by atoms with E-state index in [2.05, 4.69) is 10.1 Å². The molecule has 0 saturated heterocycles. The minimum Gasteiger partial charge on any atom is -0.478 e. The second-order valence-corrected chi connectivity index (χ2v) is 4.88. The van der Waals surface area contributed by atoms with Gasteiger partial charge in [0.1, 0.15) is 5.01 Å². The third kappa shape index (κ3) is 1.67. The first-order chi connectivity index (χ1) is 8.65. The van der Waals surface area contributed by atoms with Gasteiger partial charge in [-0.1, -0.05) is 0 Å². The van der Waals surface area contributed by atoms with Gasteiger partial charge in [0.2, 0.25) is 0 Å². The predicted molar refractivity (Wildman–Crippen MR) is 68.8 cm³/mol. The minimum atomic E-state index is -0.924. The Hall–Kier alpha value is -2.21. The lowest BCUT2D eigenvalue weighted by Gasteiger charge is -1.94. The maximum atomic E-state index is 10.9. The summed E-state index contributed by atoms with van der Waals surface area (Å²) in [6, 6.07) is 6.83. The molecule has 2 heterocycles. The smallest absolute Gasteiger partial charge is 0.335 e. The summed E-state index contributed by atoms with van der Waals surface area (Å²) in [6.45, 7) is 0. The highest BCUT2D eigenvalue weighted by atomic mass is 32.1. The van der Waals surface area contributed by atoms with E-state index in [1.807, 2.05) is 13.1 Å². The van der Waals surface area contributed by atoms with Crippen molar-refractivity contribution >= 4 is 27.5 Å². The molecule has 0 atom stereocenters. The van der Waals surface area contributed by atoms with Crippen molar-refractivity contribution in [3.8, 4) is 10.7 Å². The number of carboxylic acid groups (broad SMARTS) is 1. The molecule has 3 aromatic rings. The van der Waals surface area contributed by atoms with Crippen LogP contribution < -0.4 is 0 Å². The van der Waals surface area contributed by atoms with Gasteiger partial charge in [-0.05, 0) is 24.3 Å². The fourth-order valence-corrected chi connectivity index (χ4v) is 2.81. The third-order valence-electron chi connectivity index (χ3n) is 2.68. The maximum absolute atomic E-state index is 10.9. The van der Waals surface area contributed by atoms with Gasteiger partial charge in [-0.15, -0.1) is 11.3 Å². The van der Waals surface area contributed by atoms with Gasteiger partial charge in [-0.25, -0.2) is 9.78 Å². The SMILES string of the molecule is Cn1nccc1-c1nc2ccc(C(=O)O)cc2s1. The molecule has 18 heavy (non-hydrogen) atoms. The molecule has 0 radical (unpaired) electrons. The topological polar surface area (TPSA) is 68.0 Å². The van der Waals surface area contributed by atoms with Crippen molar-refractivity contribution < 1.29 is 9.90 Å². The number of rotatable bonds is 2. The Morgan fingerprint density at radius 2 is 2.22 bits per heavy atom. The molecule has 0 amide bonds. The van der Waals surface area contributed by atoms with E-state index in [4.69, 9.17) is 5.11 Å². The zero-order chi connectivity index (χ0) is 12.7. The molecule has 2 aromatic heterocycles. The van der Waals surface area contributed by atoms with Crippen LogP contribution in [0.25, 0.3) is 20.9 Å². The minimum absolute atomic E-state index is 0.280. The van der Waals surface area contributed by atoms with Crippen molar-refractivity contribution in [2.24, 2.45) is 7.05 Å². The van der Waals surface area contributed by atoms with Gasteiger partial charge in [0.05, 0.1) is 21.5 Å². The molecule has 1 N–H and O–H groups in total. The van der Waals surface area contributed by atoms with Crippen molar-refractivity contribution in [2.45, 2.75) is 0 Å². The molecule has 1 aromatic carbocycles. The van der Waals surface area contributed by atoms with Gasteiger partial charge in [-0.2, -0.15) is 5.10 Å². The number of hydrogen-bond donors (Lipinski definition) is 1. The molecule has 3 rings (SSSR count). The fourth-order valence-electron chi connectivity index (χ4n) is 1.75. The van der Waals surface area contributed by atoms with Crippen molar-refractivity contribution in [1.82, 2.24) is 14.8 Å². The molecule has 5 nitrogen and oxygen atoms in total. The van der Waals surface area contributed by atoms with E-state index in [1.54, 1.807) is 29.1 Å². The number of hydrogen-bond acceptors (Lipinski definition) is 4. The summed E-state index contributed by atoms with van der Waals surface area (Å²) in [5.41, 5.74) is 2.01. The zero-order valence-electron chi connectivity index (χ0n) is 9.49. The van der Waals surface area contributed by atoms with Gasteiger partial charge in [0, 0.05) is 13.2 Å². The van der Waals surface area contributed by atoms with Crippen molar-refractivity contribution in [3.05, 3.63) is 36.0 Å². The lowest BCUT2D eigenvalue weighted by Crippen LogP contribution is -1.94. The van der Waals surface area contributed by atoms with Crippen molar-refractivity contribution in [3.63, 3.8) is 0 Å². The average Bonchev–Trinajstić information content (AvgIpc) is 2.92. The molecule has 90 valence electrons. The summed E-state index contributed by atoms with van der Waals surface area (Å²) in [5, 5.41) is 13.9. The molecule has 0 aliphatic carbocycles. The summed E-state index contributed by atoms with van der Waals surface area (Å²) in [4.78, 5) is 15.4. The first-order valence-corrected chi connectivity index (χ1v) is 6.09. The van der Waals surface area contributed by atoms with Crippen LogP contribution in [0.5, 0.6) is 0 Å². The van der Waals surface area contributed by atoms with E-state index in [0.717, 1.165) is 20.9 Å². The fraction of sp³-hybridized carbons (Fsp3) is 0.0833. The largest absolute Gasteiger partial charge is 0.478 e. The van der Waals surface area contributed by atoms with Crippen LogP contribution in [0.1, 0.15) is 10.4 Å².